The Kier molecular flexibility index (Phi) is 6.64. The van der Waals surface area contributed by atoms with Crippen LogP contribution in [-0.2, 0) is 4.79 Å². The van der Waals surface area contributed by atoms with Crippen LogP contribution in [0.4, 0.5) is 5.69 Å². The Bertz CT molecular complexity index is 861. The summed E-state index contributed by atoms with van der Waals surface area (Å²) in [4.78, 5) is 34.7. The molecule has 0 aliphatic heterocycles. The lowest BCUT2D eigenvalue weighted by Gasteiger charge is -2.09. The smallest absolute Gasteiger partial charge is 0.291 e. The van der Waals surface area contributed by atoms with Gasteiger partial charge in [-0.1, -0.05) is 12.1 Å². The van der Waals surface area contributed by atoms with Gasteiger partial charge in [0.05, 0.1) is 11.5 Å². The van der Waals surface area contributed by atoms with Gasteiger partial charge in [-0.3, -0.25) is 19.7 Å². The van der Waals surface area contributed by atoms with Gasteiger partial charge >= 0.3 is 0 Å². The summed E-state index contributed by atoms with van der Waals surface area (Å²) in [5, 5.41) is 24.5. The molecule has 2 aromatic rings. The van der Waals surface area contributed by atoms with Crippen LogP contribution in [0.2, 0.25) is 0 Å². The molecule has 1 aromatic carbocycles. The average molecular weight is 424 g/mol. The molecule has 9 nitrogen and oxygen atoms in total. The van der Waals surface area contributed by atoms with E-state index in [0.29, 0.717) is 10.2 Å². The molecule has 0 aliphatic rings. The highest BCUT2D eigenvalue weighted by molar-refractivity contribution is 9.10. The third-order valence-electron chi connectivity index (χ3n) is 3.08. The van der Waals surface area contributed by atoms with E-state index in [1.54, 1.807) is 6.07 Å². The number of aliphatic hydroxyl groups is 1. The van der Waals surface area contributed by atoms with Gasteiger partial charge in [0.25, 0.3) is 17.5 Å². The van der Waals surface area contributed by atoms with Gasteiger partial charge in [-0.2, -0.15) is 0 Å². The second-order valence-corrected chi connectivity index (χ2v) is 5.73. The van der Waals surface area contributed by atoms with Crippen molar-refractivity contribution in [1.82, 2.24) is 10.6 Å². The van der Waals surface area contributed by atoms with E-state index in [-0.39, 0.29) is 30.3 Å². The summed E-state index contributed by atoms with van der Waals surface area (Å²) in [7, 11) is 0. The van der Waals surface area contributed by atoms with E-state index in [4.69, 9.17) is 9.52 Å². The van der Waals surface area contributed by atoms with E-state index >= 15 is 0 Å². The summed E-state index contributed by atoms with van der Waals surface area (Å²) in [5.74, 6) is -1.37. The monoisotopic (exact) mass is 423 g/mol. The van der Waals surface area contributed by atoms with Crippen molar-refractivity contribution < 1.29 is 24.0 Å². The van der Waals surface area contributed by atoms with Crippen molar-refractivity contribution in [2.75, 3.05) is 13.2 Å². The first-order valence-electron chi connectivity index (χ1n) is 7.32. The number of halogens is 1. The standard InChI is InChI=1S/C16H14BrN3O6/c17-14-5-4-13(26-14)16(23)19-12(15(22)18-6-7-21)9-10-2-1-3-11(8-10)20(24)25/h1-5,8-9,21H,6-7H2,(H,18,22)(H,19,23)/b12-9+. The van der Waals surface area contributed by atoms with Gasteiger partial charge < -0.3 is 20.2 Å². The Morgan fingerprint density at radius 3 is 2.69 bits per heavy atom. The van der Waals surface area contributed by atoms with Crippen LogP contribution in [0.3, 0.4) is 0 Å². The number of carbonyl (C=O) groups is 2. The fraction of sp³-hybridized carbons (Fsp3) is 0.125. The van der Waals surface area contributed by atoms with Crippen molar-refractivity contribution in [1.29, 1.82) is 0 Å². The van der Waals surface area contributed by atoms with Gasteiger partial charge in [-0.05, 0) is 39.7 Å². The van der Waals surface area contributed by atoms with Crippen LogP contribution in [-0.4, -0.2) is 35.0 Å². The first kappa shape index (κ1) is 19.3. The lowest BCUT2D eigenvalue weighted by Crippen LogP contribution is -2.36. The van der Waals surface area contributed by atoms with Crippen LogP contribution in [0.1, 0.15) is 16.1 Å². The number of carbonyl (C=O) groups excluding carboxylic acids is 2. The second kappa shape index (κ2) is 8.92. The van der Waals surface area contributed by atoms with Gasteiger partial charge in [0.2, 0.25) is 0 Å². The molecule has 1 aromatic heterocycles. The number of nitro benzene ring substituents is 1. The molecular weight excluding hydrogens is 410 g/mol. The van der Waals surface area contributed by atoms with Gasteiger partial charge in [0.1, 0.15) is 5.70 Å². The van der Waals surface area contributed by atoms with Crippen LogP contribution in [0, 0.1) is 10.1 Å². The van der Waals surface area contributed by atoms with Crippen LogP contribution < -0.4 is 10.6 Å². The third kappa shape index (κ3) is 5.26. The maximum Gasteiger partial charge on any atom is 0.291 e. The van der Waals surface area contributed by atoms with Crippen molar-refractivity contribution in [3.8, 4) is 0 Å². The molecule has 2 rings (SSSR count). The Morgan fingerprint density at radius 1 is 1.31 bits per heavy atom. The highest BCUT2D eigenvalue weighted by Gasteiger charge is 2.17. The van der Waals surface area contributed by atoms with Gasteiger partial charge in [-0.25, -0.2) is 0 Å². The molecule has 0 atom stereocenters. The number of benzene rings is 1. The number of hydrogen-bond donors (Lipinski definition) is 3. The molecule has 0 saturated carbocycles. The first-order valence-corrected chi connectivity index (χ1v) is 8.12. The van der Waals surface area contributed by atoms with E-state index in [0.717, 1.165) is 0 Å². The molecular formula is C16H14BrN3O6. The molecule has 2 amide bonds. The molecule has 0 aliphatic carbocycles. The minimum Gasteiger partial charge on any atom is -0.444 e. The number of nitrogens with zero attached hydrogens (tertiary/aromatic N) is 1. The summed E-state index contributed by atoms with van der Waals surface area (Å²) in [6.07, 6.45) is 1.29. The fourth-order valence-electron chi connectivity index (χ4n) is 1.94. The normalized spacial score (nSPS) is 11.1. The molecule has 0 saturated heterocycles. The first-order chi connectivity index (χ1) is 12.4. The average Bonchev–Trinajstić information content (AvgIpc) is 3.05. The van der Waals surface area contributed by atoms with E-state index < -0.39 is 16.7 Å². The van der Waals surface area contributed by atoms with E-state index in [1.807, 2.05) is 0 Å². The molecule has 0 unspecified atom stereocenters. The summed E-state index contributed by atoms with van der Waals surface area (Å²) in [6.45, 7) is -0.303. The molecule has 0 spiro atoms. The lowest BCUT2D eigenvalue weighted by molar-refractivity contribution is -0.384. The molecule has 0 radical (unpaired) electrons. The number of furan rings is 1. The largest absolute Gasteiger partial charge is 0.444 e. The number of amides is 2. The number of aliphatic hydroxyl groups excluding tert-OH is 1. The summed E-state index contributed by atoms with van der Waals surface area (Å²) in [5.41, 5.74) is 0.0286. The lowest BCUT2D eigenvalue weighted by atomic mass is 10.1. The van der Waals surface area contributed by atoms with Crippen LogP contribution in [0.25, 0.3) is 6.08 Å². The Morgan fingerprint density at radius 2 is 2.08 bits per heavy atom. The van der Waals surface area contributed by atoms with Crippen molar-refractivity contribution in [2.24, 2.45) is 0 Å². The SMILES string of the molecule is O=C(NCCO)/C(=C\c1cccc([N+](=O)[O-])c1)NC(=O)c1ccc(Br)o1. The number of nitrogens with one attached hydrogen (secondary N) is 2. The minimum atomic E-state index is -0.675. The highest BCUT2D eigenvalue weighted by atomic mass is 79.9. The zero-order valence-electron chi connectivity index (χ0n) is 13.3. The van der Waals surface area contributed by atoms with E-state index in [1.165, 1.54) is 36.4 Å². The quantitative estimate of drug-likeness (QED) is 0.353. The van der Waals surface area contributed by atoms with Gasteiger partial charge in [-0.15, -0.1) is 0 Å². The van der Waals surface area contributed by atoms with Crippen LogP contribution in [0.15, 0.2) is 51.2 Å². The maximum absolute atomic E-state index is 12.2. The summed E-state index contributed by atoms with van der Waals surface area (Å²) in [6, 6.07) is 8.50. The van der Waals surface area contributed by atoms with Crippen LogP contribution >= 0.6 is 15.9 Å². The van der Waals surface area contributed by atoms with Crippen molar-refractivity contribution in [2.45, 2.75) is 0 Å². The fourth-order valence-corrected chi connectivity index (χ4v) is 2.24. The zero-order valence-corrected chi connectivity index (χ0v) is 14.9. The predicted molar refractivity (Wildman–Crippen MR) is 95.0 cm³/mol. The third-order valence-corrected chi connectivity index (χ3v) is 3.51. The number of hydrogen-bond acceptors (Lipinski definition) is 6. The molecule has 10 heteroatoms. The summed E-state index contributed by atoms with van der Waals surface area (Å²) < 4.78 is 5.47. The molecule has 26 heavy (non-hydrogen) atoms. The molecule has 0 bridgehead atoms. The number of non-ortho nitro benzene ring substituents is 1. The molecule has 0 fully saturated rings. The second-order valence-electron chi connectivity index (χ2n) is 4.95. The van der Waals surface area contributed by atoms with Crippen molar-refractivity contribution >= 4 is 39.5 Å². The number of nitro groups is 1. The van der Waals surface area contributed by atoms with Gasteiger partial charge in [0.15, 0.2) is 10.4 Å². The molecule has 136 valence electrons. The van der Waals surface area contributed by atoms with Crippen molar-refractivity contribution in [3.05, 3.63) is 68.2 Å². The van der Waals surface area contributed by atoms with E-state index in [2.05, 4.69) is 26.6 Å². The van der Waals surface area contributed by atoms with Crippen molar-refractivity contribution in [3.63, 3.8) is 0 Å². The maximum atomic E-state index is 12.2. The predicted octanol–water partition coefficient (Wildman–Crippen LogP) is 1.83. The minimum absolute atomic E-state index is 0.0206. The Labute approximate surface area is 156 Å². The highest BCUT2D eigenvalue weighted by Crippen LogP contribution is 2.17. The van der Waals surface area contributed by atoms with Crippen LogP contribution in [0.5, 0.6) is 0 Å². The number of rotatable bonds is 7. The zero-order chi connectivity index (χ0) is 19.1. The molecule has 3 N–H and O–H groups in total. The van der Waals surface area contributed by atoms with E-state index in [9.17, 15) is 19.7 Å². The Balaban J connectivity index is 2.30. The topological polar surface area (TPSA) is 135 Å². The van der Waals surface area contributed by atoms with Gasteiger partial charge in [0, 0.05) is 18.7 Å². The summed E-state index contributed by atoms with van der Waals surface area (Å²) >= 11 is 3.07. The Hall–Kier alpha value is -2.98. The molecule has 1 heterocycles.